The summed E-state index contributed by atoms with van der Waals surface area (Å²) in [5.74, 6) is 0.651. The summed E-state index contributed by atoms with van der Waals surface area (Å²) in [7, 11) is 1.84. The van der Waals surface area contributed by atoms with Crippen molar-refractivity contribution in [3.05, 3.63) is 48.5 Å². The predicted molar refractivity (Wildman–Crippen MR) is 138 cm³/mol. The number of alkyl halides is 2. The van der Waals surface area contributed by atoms with Crippen molar-refractivity contribution >= 4 is 40.6 Å². The summed E-state index contributed by atoms with van der Waals surface area (Å²) in [6, 6.07) is 4.97. The predicted octanol–water partition coefficient (Wildman–Crippen LogP) is 3.73. The van der Waals surface area contributed by atoms with Crippen LogP contribution in [0, 0.1) is 0 Å². The molecule has 2 aliphatic rings. The first kappa shape index (κ1) is 25.4. The second-order valence-electron chi connectivity index (χ2n) is 8.48. The molecule has 2 amide bonds. The molecule has 6 rings (SSSR count). The lowest BCUT2D eigenvalue weighted by Gasteiger charge is -2.21. The maximum absolute atomic E-state index is 13.1. The zero-order valence-corrected chi connectivity index (χ0v) is 21.1. The van der Waals surface area contributed by atoms with Gasteiger partial charge in [-0.05, 0) is 18.6 Å². The molecule has 3 aromatic heterocycles. The first-order valence-electron chi connectivity index (χ1n) is 11.8. The van der Waals surface area contributed by atoms with E-state index in [2.05, 4.69) is 30.9 Å². The van der Waals surface area contributed by atoms with Crippen LogP contribution in [0.4, 0.5) is 20.2 Å². The number of benzene rings is 1. The van der Waals surface area contributed by atoms with Gasteiger partial charge in [-0.2, -0.15) is 19.0 Å². The topological polar surface area (TPSA) is 130 Å². The summed E-state index contributed by atoms with van der Waals surface area (Å²) < 4.78 is 32.4. The summed E-state index contributed by atoms with van der Waals surface area (Å²) in [4.78, 5) is 30.2. The Morgan fingerprint density at radius 3 is 2.89 bits per heavy atom. The number of ether oxygens (including phenoxy) is 1. The maximum atomic E-state index is 13.1. The number of likely N-dealkylation sites (tertiary alicyclic amines) is 1. The SMILES string of the molecule is CN1CCCC1=O.O=C(Nc1cn[nH]c1-c1cc2c(cc1OC(F)F)NCCS2)c1cnn2cccnc12. The van der Waals surface area contributed by atoms with Crippen LogP contribution < -0.4 is 15.4 Å². The molecular formula is C24H24F2N8O3S. The number of aromatic nitrogens is 5. The third-order valence-electron chi connectivity index (χ3n) is 5.96. The van der Waals surface area contributed by atoms with Crippen molar-refractivity contribution in [3.8, 4) is 17.0 Å². The number of H-pyrrole nitrogens is 1. The fourth-order valence-corrected chi connectivity index (χ4v) is 5.01. The standard InChI is InChI=1S/C19H15F2N7O2S.C5H9NO/c20-19(21)30-14-7-12-15(31-5-3-22-12)6-10(14)16-13(9-24-27-16)26-18(29)11-8-25-28-4-1-2-23-17(11)28;1-6-4-2-3-5(6)7/h1-2,4,6-9,19,22H,3,5H2,(H,24,27)(H,26,29);2-4H2,1H3. The van der Waals surface area contributed by atoms with E-state index >= 15 is 0 Å². The lowest BCUT2D eigenvalue weighted by atomic mass is 10.1. The summed E-state index contributed by atoms with van der Waals surface area (Å²) >= 11 is 1.60. The zero-order valence-electron chi connectivity index (χ0n) is 20.3. The van der Waals surface area contributed by atoms with Crippen LogP contribution in [0.1, 0.15) is 23.2 Å². The molecule has 0 radical (unpaired) electrons. The molecule has 198 valence electrons. The quantitative estimate of drug-likeness (QED) is 0.348. The van der Waals surface area contributed by atoms with Crippen LogP contribution in [-0.4, -0.2) is 74.0 Å². The Balaban J connectivity index is 0.000000366. The number of hydrogen-bond donors (Lipinski definition) is 3. The number of halogens is 2. The molecule has 1 aromatic carbocycles. The van der Waals surface area contributed by atoms with Gasteiger partial charge in [0.2, 0.25) is 5.91 Å². The minimum atomic E-state index is -3.00. The normalized spacial score (nSPS) is 14.6. The number of rotatable bonds is 5. The molecule has 0 saturated carbocycles. The molecule has 14 heteroatoms. The summed E-state index contributed by atoms with van der Waals surface area (Å²) in [5, 5.41) is 16.8. The molecule has 0 aliphatic carbocycles. The zero-order chi connectivity index (χ0) is 26.6. The number of carbonyl (C=O) groups is 2. The van der Waals surface area contributed by atoms with Crippen LogP contribution in [0.25, 0.3) is 16.9 Å². The summed E-state index contributed by atoms with van der Waals surface area (Å²) in [6.07, 6.45) is 7.86. The van der Waals surface area contributed by atoms with Gasteiger partial charge in [-0.3, -0.25) is 14.7 Å². The Hall–Kier alpha value is -4.20. The van der Waals surface area contributed by atoms with Gasteiger partial charge in [-0.25, -0.2) is 9.50 Å². The molecule has 0 spiro atoms. The van der Waals surface area contributed by atoms with Crippen LogP contribution in [0.15, 0.2) is 47.9 Å². The average Bonchev–Trinajstić information content (AvgIpc) is 3.64. The number of amides is 2. The van der Waals surface area contributed by atoms with Gasteiger partial charge in [0.25, 0.3) is 5.91 Å². The number of fused-ring (bicyclic) bond motifs is 2. The van der Waals surface area contributed by atoms with Gasteiger partial charge in [0.05, 0.1) is 29.5 Å². The first-order chi connectivity index (χ1) is 18.4. The van der Waals surface area contributed by atoms with Crippen molar-refractivity contribution in [3.63, 3.8) is 0 Å². The molecule has 3 N–H and O–H groups in total. The Morgan fingerprint density at radius 1 is 1.29 bits per heavy atom. The van der Waals surface area contributed by atoms with Gasteiger partial charge in [-0.15, -0.1) is 11.8 Å². The van der Waals surface area contributed by atoms with Gasteiger partial charge in [0.1, 0.15) is 11.3 Å². The number of carbonyl (C=O) groups excluding carboxylic acids is 2. The van der Waals surface area contributed by atoms with E-state index in [1.54, 1.807) is 41.2 Å². The van der Waals surface area contributed by atoms with Crippen molar-refractivity contribution < 1.29 is 23.1 Å². The number of thioether (sulfide) groups is 1. The van der Waals surface area contributed by atoms with Gasteiger partial charge < -0.3 is 20.3 Å². The van der Waals surface area contributed by atoms with Crippen molar-refractivity contribution in [2.24, 2.45) is 0 Å². The highest BCUT2D eigenvalue weighted by molar-refractivity contribution is 7.99. The molecule has 1 fully saturated rings. The fraction of sp³-hybridized carbons (Fsp3) is 0.292. The second kappa shape index (κ2) is 11.0. The van der Waals surface area contributed by atoms with Gasteiger partial charge in [0.15, 0.2) is 5.65 Å². The first-order valence-corrected chi connectivity index (χ1v) is 12.8. The van der Waals surface area contributed by atoms with Gasteiger partial charge in [-0.1, -0.05) is 0 Å². The van der Waals surface area contributed by atoms with Crippen molar-refractivity contribution in [1.29, 1.82) is 0 Å². The molecule has 0 atom stereocenters. The molecule has 0 unspecified atom stereocenters. The summed E-state index contributed by atoms with van der Waals surface area (Å²) in [5.41, 5.74) is 2.40. The van der Waals surface area contributed by atoms with Gasteiger partial charge >= 0.3 is 6.61 Å². The Labute approximate surface area is 219 Å². The number of hydrogen-bond acceptors (Lipinski definition) is 8. The fourth-order valence-electron chi connectivity index (χ4n) is 4.10. The second-order valence-corrected chi connectivity index (χ2v) is 9.61. The largest absolute Gasteiger partial charge is 0.434 e. The van der Waals surface area contributed by atoms with E-state index in [0.717, 1.165) is 42.3 Å². The van der Waals surface area contributed by atoms with E-state index in [-0.39, 0.29) is 11.3 Å². The molecule has 1 saturated heterocycles. The highest BCUT2D eigenvalue weighted by Gasteiger charge is 2.23. The number of nitrogens with one attached hydrogen (secondary N) is 3. The summed E-state index contributed by atoms with van der Waals surface area (Å²) in [6.45, 7) is -1.32. The molecule has 0 bridgehead atoms. The monoisotopic (exact) mass is 542 g/mol. The molecule has 11 nitrogen and oxygen atoms in total. The van der Waals surface area contributed by atoms with Crippen LogP contribution in [0.5, 0.6) is 5.75 Å². The van der Waals surface area contributed by atoms with E-state index in [4.69, 9.17) is 4.74 Å². The number of nitrogens with zero attached hydrogens (tertiary/aromatic N) is 5. The van der Waals surface area contributed by atoms with E-state index < -0.39 is 12.5 Å². The Kier molecular flexibility index (Phi) is 7.40. The molecule has 2 aliphatic heterocycles. The van der Waals surface area contributed by atoms with Crippen LogP contribution in [0.3, 0.4) is 0 Å². The van der Waals surface area contributed by atoms with E-state index in [9.17, 15) is 18.4 Å². The van der Waals surface area contributed by atoms with Crippen molar-refractivity contribution in [1.82, 2.24) is 29.7 Å². The third-order valence-corrected chi connectivity index (χ3v) is 7.02. The number of aromatic amines is 1. The van der Waals surface area contributed by atoms with Crippen LogP contribution >= 0.6 is 11.8 Å². The molecular weight excluding hydrogens is 518 g/mol. The highest BCUT2D eigenvalue weighted by atomic mass is 32.2. The molecule has 38 heavy (non-hydrogen) atoms. The van der Waals surface area contributed by atoms with E-state index in [1.165, 1.54) is 23.0 Å². The minimum absolute atomic E-state index is 0.0267. The average molecular weight is 543 g/mol. The van der Waals surface area contributed by atoms with Gasteiger partial charge in [0, 0.05) is 61.2 Å². The van der Waals surface area contributed by atoms with Crippen LogP contribution in [-0.2, 0) is 4.79 Å². The van der Waals surface area contributed by atoms with E-state index in [1.807, 2.05) is 7.05 Å². The van der Waals surface area contributed by atoms with Crippen molar-refractivity contribution in [2.75, 3.05) is 36.5 Å². The Morgan fingerprint density at radius 2 is 2.16 bits per heavy atom. The minimum Gasteiger partial charge on any atom is -0.434 e. The lowest BCUT2D eigenvalue weighted by Crippen LogP contribution is -2.17. The molecule has 5 heterocycles. The number of anilines is 2. The van der Waals surface area contributed by atoms with Crippen LogP contribution in [0.2, 0.25) is 0 Å². The van der Waals surface area contributed by atoms with Crippen molar-refractivity contribution in [2.45, 2.75) is 24.3 Å². The molecule has 4 aromatic rings. The highest BCUT2D eigenvalue weighted by Crippen LogP contribution is 2.42. The third kappa shape index (κ3) is 5.39. The lowest BCUT2D eigenvalue weighted by molar-refractivity contribution is -0.126. The van der Waals surface area contributed by atoms with E-state index in [0.29, 0.717) is 28.5 Å². The smallest absolute Gasteiger partial charge is 0.387 e. The maximum Gasteiger partial charge on any atom is 0.387 e. The Bertz CT molecular complexity index is 1470.